The lowest BCUT2D eigenvalue weighted by Gasteiger charge is -2.14. The fraction of sp³-hybridized carbons (Fsp3) is 0.538. The van der Waals surface area contributed by atoms with Crippen LogP contribution in [0, 0.1) is 0 Å². The molecular weight excluding hydrogens is 240 g/mol. The van der Waals surface area contributed by atoms with E-state index in [-0.39, 0.29) is 0 Å². The van der Waals surface area contributed by atoms with Crippen molar-refractivity contribution in [2.24, 2.45) is 0 Å². The van der Waals surface area contributed by atoms with Gasteiger partial charge in [0, 0.05) is 12.8 Å². The summed E-state index contributed by atoms with van der Waals surface area (Å²) in [6, 6.07) is 3.81. The predicted octanol–water partition coefficient (Wildman–Crippen LogP) is 2.57. The number of halogens is 1. The van der Waals surface area contributed by atoms with Crippen LogP contribution in [0.5, 0.6) is 11.5 Å². The highest BCUT2D eigenvalue weighted by Crippen LogP contribution is 2.44. The smallest absolute Gasteiger partial charge is 0.180 e. The van der Waals surface area contributed by atoms with Crippen LogP contribution in [0.15, 0.2) is 12.1 Å². The molecule has 1 aromatic carbocycles. The van der Waals surface area contributed by atoms with Crippen molar-refractivity contribution in [1.29, 1.82) is 0 Å². The molecular formula is C13H15ClO3. The first kappa shape index (κ1) is 11.2. The highest BCUT2D eigenvalue weighted by molar-refractivity contribution is 6.33. The van der Waals surface area contributed by atoms with Crippen LogP contribution >= 0.6 is 11.6 Å². The summed E-state index contributed by atoms with van der Waals surface area (Å²) >= 11 is 6.32. The third-order valence-corrected chi connectivity index (χ3v) is 3.69. The Labute approximate surface area is 105 Å². The molecule has 17 heavy (non-hydrogen) atoms. The van der Waals surface area contributed by atoms with Crippen LogP contribution in [0.2, 0.25) is 5.02 Å². The second-order valence-corrected chi connectivity index (χ2v) is 5.20. The third kappa shape index (κ3) is 2.22. The second-order valence-electron chi connectivity index (χ2n) is 4.82. The fourth-order valence-corrected chi connectivity index (χ4v) is 2.33. The molecule has 1 aliphatic carbocycles. The van der Waals surface area contributed by atoms with E-state index in [4.69, 9.17) is 21.1 Å². The maximum atomic E-state index is 9.94. The fourth-order valence-electron chi connectivity index (χ4n) is 2.05. The van der Waals surface area contributed by atoms with Gasteiger partial charge in [0.25, 0.3) is 0 Å². The molecule has 0 atom stereocenters. The summed E-state index contributed by atoms with van der Waals surface area (Å²) in [7, 11) is 0. The van der Waals surface area contributed by atoms with E-state index < -0.39 is 5.60 Å². The number of hydrogen-bond acceptors (Lipinski definition) is 3. The normalized spacial score (nSPS) is 20.8. The summed E-state index contributed by atoms with van der Waals surface area (Å²) in [4.78, 5) is 0. The van der Waals surface area contributed by atoms with Gasteiger partial charge >= 0.3 is 0 Å². The minimum Gasteiger partial charge on any atom is -0.490 e. The lowest BCUT2D eigenvalue weighted by molar-refractivity contribution is 0.151. The average Bonchev–Trinajstić information content (AvgIpc) is 3.06. The molecule has 0 spiro atoms. The summed E-state index contributed by atoms with van der Waals surface area (Å²) in [6.07, 6.45) is 3.18. The highest BCUT2D eigenvalue weighted by atomic mass is 35.5. The molecule has 2 aliphatic rings. The van der Waals surface area contributed by atoms with Crippen molar-refractivity contribution in [2.45, 2.75) is 31.3 Å². The molecule has 3 rings (SSSR count). The number of hydrogen-bond donors (Lipinski definition) is 1. The lowest BCUT2D eigenvalue weighted by atomic mass is 10.1. The van der Waals surface area contributed by atoms with Crippen molar-refractivity contribution in [3.63, 3.8) is 0 Å². The van der Waals surface area contributed by atoms with Crippen molar-refractivity contribution in [2.75, 3.05) is 13.2 Å². The van der Waals surface area contributed by atoms with Crippen molar-refractivity contribution in [3.05, 3.63) is 22.7 Å². The van der Waals surface area contributed by atoms with Crippen LogP contribution < -0.4 is 9.47 Å². The number of rotatable bonds is 2. The summed E-state index contributed by atoms with van der Waals surface area (Å²) in [5.74, 6) is 1.34. The Kier molecular flexibility index (Phi) is 2.68. The molecule has 0 saturated heterocycles. The topological polar surface area (TPSA) is 38.7 Å². The van der Waals surface area contributed by atoms with Gasteiger partial charge in [-0.15, -0.1) is 0 Å². The van der Waals surface area contributed by atoms with Crippen molar-refractivity contribution in [3.8, 4) is 11.5 Å². The number of benzene rings is 1. The second kappa shape index (κ2) is 4.07. The number of ether oxygens (including phenoxy) is 2. The Hall–Kier alpha value is -0.930. The molecule has 1 heterocycles. The maximum absolute atomic E-state index is 9.94. The molecule has 1 fully saturated rings. The first-order valence-electron chi connectivity index (χ1n) is 5.97. The van der Waals surface area contributed by atoms with Gasteiger partial charge in [0.1, 0.15) is 0 Å². The van der Waals surface area contributed by atoms with Crippen LogP contribution in [0.4, 0.5) is 0 Å². The molecule has 0 amide bonds. The van der Waals surface area contributed by atoms with E-state index in [1.807, 2.05) is 12.1 Å². The largest absolute Gasteiger partial charge is 0.490 e. The molecule has 0 bridgehead atoms. The van der Waals surface area contributed by atoms with Gasteiger partial charge in [-0.3, -0.25) is 0 Å². The Morgan fingerprint density at radius 1 is 1.24 bits per heavy atom. The van der Waals surface area contributed by atoms with Gasteiger partial charge in [0.2, 0.25) is 0 Å². The van der Waals surface area contributed by atoms with Gasteiger partial charge in [-0.05, 0) is 24.5 Å². The van der Waals surface area contributed by atoms with E-state index >= 15 is 0 Å². The van der Waals surface area contributed by atoms with Gasteiger partial charge in [-0.1, -0.05) is 17.7 Å². The van der Waals surface area contributed by atoms with E-state index in [1.54, 1.807) is 0 Å². The SMILES string of the molecule is OC1(Cc2ccc3c(c2Cl)OCCCO3)CC1. The van der Waals surface area contributed by atoms with Gasteiger partial charge in [-0.25, -0.2) is 0 Å². The zero-order valence-corrected chi connectivity index (χ0v) is 10.3. The molecule has 4 heteroatoms. The number of aliphatic hydroxyl groups is 1. The Morgan fingerprint density at radius 2 is 2.00 bits per heavy atom. The average molecular weight is 255 g/mol. The molecule has 92 valence electrons. The minimum atomic E-state index is -0.538. The van der Waals surface area contributed by atoms with Gasteiger partial charge < -0.3 is 14.6 Å². The van der Waals surface area contributed by atoms with Crippen LogP contribution in [0.1, 0.15) is 24.8 Å². The van der Waals surface area contributed by atoms with E-state index in [0.29, 0.717) is 36.2 Å². The van der Waals surface area contributed by atoms with E-state index in [0.717, 1.165) is 24.8 Å². The summed E-state index contributed by atoms with van der Waals surface area (Å²) < 4.78 is 11.2. The van der Waals surface area contributed by atoms with E-state index in [2.05, 4.69) is 0 Å². The highest BCUT2D eigenvalue weighted by Gasteiger charge is 2.41. The monoisotopic (exact) mass is 254 g/mol. The van der Waals surface area contributed by atoms with Crippen molar-refractivity contribution in [1.82, 2.24) is 0 Å². The molecule has 1 N–H and O–H groups in total. The first-order chi connectivity index (χ1) is 8.18. The summed E-state index contributed by atoms with van der Waals surface area (Å²) in [5, 5.41) is 10.5. The Balaban J connectivity index is 1.93. The Bertz CT molecular complexity index is 441. The summed E-state index contributed by atoms with van der Waals surface area (Å²) in [5.41, 5.74) is 0.402. The quantitative estimate of drug-likeness (QED) is 0.882. The van der Waals surface area contributed by atoms with Gasteiger partial charge in [0.15, 0.2) is 11.5 Å². The molecule has 1 aromatic rings. The molecule has 0 aromatic heterocycles. The first-order valence-corrected chi connectivity index (χ1v) is 6.35. The van der Waals surface area contributed by atoms with Crippen LogP contribution in [-0.4, -0.2) is 23.9 Å². The third-order valence-electron chi connectivity index (χ3n) is 3.28. The minimum absolute atomic E-state index is 0.538. The van der Waals surface area contributed by atoms with Crippen LogP contribution in [0.3, 0.4) is 0 Å². The lowest BCUT2D eigenvalue weighted by Crippen LogP contribution is -2.11. The Morgan fingerprint density at radius 3 is 2.76 bits per heavy atom. The van der Waals surface area contributed by atoms with Gasteiger partial charge in [-0.2, -0.15) is 0 Å². The van der Waals surface area contributed by atoms with Gasteiger partial charge in [0.05, 0.1) is 23.8 Å². The van der Waals surface area contributed by atoms with Crippen LogP contribution in [0.25, 0.3) is 0 Å². The summed E-state index contributed by atoms with van der Waals surface area (Å²) in [6.45, 7) is 1.28. The standard InChI is InChI=1S/C13H15ClO3/c14-11-9(8-13(15)4-5-13)2-3-10-12(11)17-7-1-6-16-10/h2-3,15H,1,4-8H2. The zero-order valence-electron chi connectivity index (χ0n) is 9.54. The number of fused-ring (bicyclic) bond motifs is 1. The van der Waals surface area contributed by atoms with Crippen molar-refractivity contribution < 1.29 is 14.6 Å². The predicted molar refractivity (Wildman–Crippen MR) is 64.9 cm³/mol. The van der Waals surface area contributed by atoms with E-state index in [1.165, 1.54) is 0 Å². The molecule has 0 unspecified atom stereocenters. The molecule has 1 saturated carbocycles. The van der Waals surface area contributed by atoms with E-state index in [9.17, 15) is 5.11 Å². The maximum Gasteiger partial charge on any atom is 0.180 e. The zero-order chi connectivity index (χ0) is 11.9. The molecule has 0 radical (unpaired) electrons. The molecule has 3 nitrogen and oxygen atoms in total. The molecule has 1 aliphatic heterocycles. The van der Waals surface area contributed by atoms with Crippen molar-refractivity contribution >= 4 is 11.6 Å². The van der Waals surface area contributed by atoms with Crippen LogP contribution in [-0.2, 0) is 6.42 Å².